The first-order chi connectivity index (χ1) is 10.7. The molecular formula is C16H13BrN4O. The smallest absolute Gasteiger partial charge is 0.260 e. The van der Waals surface area contributed by atoms with Crippen molar-refractivity contribution in [3.63, 3.8) is 0 Å². The van der Waals surface area contributed by atoms with Gasteiger partial charge in [0.15, 0.2) is 0 Å². The molecule has 3 aromatic rings. The number of carbonyl (C=O) groups is 1. The minimum Gasteiger partial charge on any atom is -0.321 e. The second-order valence-electron chi connectivity index (χ2n) is 4.71. The summed E-state index contributed by atoms with van der Waals surface area (Å²) >= 11 is 3.37. The molecule has 6 heteroatoms. The van der Waals surface area contributed by atoms with E-state index in [0.29, 0.717) is 0 Å². The number of amides is 1. The summed E-state index contributed by atoms with van der Waals surface area (Å²) < 4.78 is 2.79. The standard InChI is InChI=1S/C16H13BrN4O/c17-13-7-5-12(6-8-13)9-19-20-16(22)10-21-11-18-14-3-1-2-4-15(14)21/h1-9,11H,10H2,(H,20,22). The van der Waals surface area contributed by atoms with Crippen LogP contribution in [0.15, 0.2) is 64.4 Å². The Labute approximate surface area is 135 Å². The van der Waals surface area contributed by atoms with Crippen LogP contribution in [0.25, 0.3) is 11.0 Å². The molecule has 0 aliphatic carbocycles. The van der Waals surface area contributed by atoms with E-state index in [2.05, 4.69) is 31.4 Å². The maximum Gasteiger partial charge on any atom is 0.260 e. The Kier molecular flexibility index (Phi) is 4.29. The lowest BCUT2D eigenvalue weighted by molar-refractivity contribution is -0.121. The summed E-state index contributed by atoms with van der Waals surface area (Å²) in [6.45, 7) is 0.179. The van der Waals surface area contributed by atoms with Crippen molar-refractivity contribution in [1.29, 1.82) is 0 Å². The van der Waals surface area contributed by atoms with Gasteiger partial charge in [0.2, 0.25) is 0 Å². The number of carbonyl (C=O) groups excluding carboxylic acids is 1. The summed E-state index contributed by atoms with van der Waals surface area (Å²) in [6, 6.07) is 15.3. The van der Waals surface area contributed by atoms with Crippen molar-refractivity contribution in [2.75, 3.05) is 0 Å². The summed E-state index contributed by atoms with van der Waals surface area (Å²) in [5.41, 5.74) is 5.23. The van der Waals surface area contributed by atoms with E-state index >= 15 is 0 Å². The zero-order valence-electron chi connectivity index (χ0n) is 11.6. The summed E-state index contributed by atoms with van der Waals surface area (Å²) in [5.74, 6) is -0.198. The predicted molar refractivity (Wildman–Crippen MR) is 89.6 cm³/mol. The molecule has 0 saturated carbocycles. The van der Waals surface area contributed by atoms with Crippen molar-refractivity contribution in [2.45, 2.75) is 6.54 Å². The molecule has 0 fully saturated rings. The van der Waals surface area contributed by atoms with Crippen LogP contribution in [0.5, 0.6) is 0 Å². The van der Waals surface area contributed by atoms with Crippen LogP contribution in [0.4, 0.5) is 0 Å². The minimum atomic E-state index is -0.198. The monoisotopic (exact) mass is 356 g/mol. The molecule has 0 bridgehead atoms. The third-order valence-electron chi connectivity index (χ3n) is 3.11. The third-order valence-corrected chi connectivity index (χ3v) is 3.64. The second-order valence-corrected chi connectivity index (χ2v) is 5.62. The number of aromatic nitrogens is 2. The van der Waals surface area contributed by atoms with Crippen molar-refractivity contribution in [1.82, 2.24) is 15.0 Å². The number of fused-ring (bicyclic) bond motifs is 1. The van der Waals surface area contributed by atoms with E-state index in [-0.39, 0.29) is 12.5 Å². The van der Waals surface area contributed by atoms with Gasteiger partial charge in [0.25, 0.3) is 5.91 Å². The molecule has 0 saturated heterocycles. The van der Waals surface area contributed by atoms with E-state index in [1.165, 1.54) is 0 Å². The van der Waals surface area contributed by atoms with Crippen LogP contribution >= 0.6 is 15.9 Å². The van der Waals surface area contributed by atoms with Crippen LogP contribution in [0.3, 0.4) is 0 Å². The number of halogens is 1. The number of para-hydroxylation sites is 2. The molecule has 2 aromatic carbocycles. The van der Waals surface area contributed by atoms with Crippen molar-refractivity contribution >= 4 is 39.1 Å². The highest BCUT2D eigenvalue weighted by molar-refractivity contribution is 9.10. The molecule has 3 rings (SSSR count). The van der Waals surface area contributed by atoms with Gasteiger partial charge in [0, 0.05) is 4.47 Å². The van der Waals surface area contributed by atoms with Crippen molar-refractivity contribution in [2.24, 2.45) is 5.10 Å². The molecular weight excluding hydrogens is 344 g/mol. The highest BCUT2D eigenvalue weighted by Crippen LogP contribution is 2.11. The Balaban J connectivity index is 1.62. The summed E-state index contributed by atoms with van der Waals surface area (Å²) in [7, 11) is 0. The molecule has 22 heavy (non-hydrogen) atoms. The van der Waals surface area contributed by atoms with E-state index in [9.17, 15) is 4.79 Å². The zero-order chi connectivity index (χ0) is 15.4. The first-order valence-electron chi connectivity index (χ1n) is 6.70. The van der Waals surface area contributed by atoms with Gasteiger partial charge in [-0.15, -0.1) is 0 Å². The molecule has 5 nitrogen and oxygen atoms in total. The van der Waals surface area contributed by atoms with E-state index < -0.39 is 0 Å². The summed E-state index contributed by atoms with van der Waals surface area (Å²) in [5, 5.41) is 3.96. The average molecular weight is 357 g/mol. The number of hydrazone groups is 1. The van der Waals surface area contributed by atoms with Gasteiger partial charge in [-0.25, -0.2) is 10.4 Å². The fourth-order valence-electron chi connectivity index (χ4n) is 2.05. The molecule has 1 aromatic heterocycles. The van der Waals surface area contributed by atoms with Crippen molar-refractivity contribution in [3.05, 3.63) is 64.9 Å². The van der Waals surface area contributed by atoms with Crippen LogP contribution in [0, 0.1) is 0 Å². The number of nitrogens with zero attached hydrogens (tertiary/aromatic N) is 3. The fraction of sp³-hybridized carbons (Fsp3) is 0.0625. The fourth-order valence-corrected chi connectivity index (χ4v) is 2.32. The van der Waals surface area contributed by atoms with E-state index in [4.69, 9.17) is 0 Å². The molecule has 0 aliphatic heterocycles. The molecule has 0 atom stereocenters. The molecule has 0 unspecified atom stereocenters. The third kappa shape index (κ3) is 3.40. The Morgan fingerprint density at radius 1 is 1.23 bits per heavy atom. The van der Waals surface area contributed by atoms with Crippen LogP contribution in [0.1, 0.15) is 5.56 Å². The topological polar surface area (TPSA) is 59.3 Å². The van der Waals surface area contributed by atoms with Crippen LogP contribution < -0.4 is 5.43 Å². The summed E-state index contributed by atoms with van der Waals surface area (Å²) in [4.78, 5) is 16.2. The van der Waals surface area contributed by atoms with E-state index in [1.54, 1.807) is 17.1 Å². The number of imidazole rings is 1. The maximum atomic E-state index is 11.9. The molecule has 1 N–H and O–H groups in total. The predicted octanol–water partition coefficient (Wildman–Crippen LogP) is 2.95. The molecule has 0 aliphatic rings. The number of nitrogens with one attached hydrogen (secondary N) is 1. The average Bonchev–Trinajstić information content (AvgIpc) is 2.93. The number of hydrogen-bond acceptors (Lipinski definition) is 3. The van der Waals surface area contributed by atoms with Gasteiger partial charge in [-0.3, -0.25) is 4.79 Å². The van der Waals surface area contributed by atoms with Gasteiger partial charge in [0.1, 0.15) is 6.54 Å². The number of rotatable bonds is 4. The lowest BCUT2D eigenvalue weighted by atomic mass is 10.2. The molecule has 1 heterocycles. The SMILES string of the molecule is O=C(Cn1cnc2ccccc21)NN=Cc1ccc(Br)cc1. The molecule has 110 valence electrons. The Morgan fingerprint density at radius 2 is 2.00 bits per heavy atom. The van der Waals surface area contributed by atoms with Gasteiger partial charge in [-0.2, -0.15) is 5.10 Å². The van der Waals surface area contributed by atoms with Gasteiger partial charge in [0.05, 0.1) is 23.6 Å². The second kappa shape index (κ2) is 6.53. The number of hydrogen-bond donors (Lipinski definition) is 1. The van der Waals surface area contributed by atoms with E-state index in [1.807, 2.05) is 48.5 Å². The molecule has 1 amide bonds. The van der Waals surface area contributed by atoms with Crippen LogP contribution in [-0.2, 0) is 11.3 Å². The molecule has 0 radical (unpaired) electrons. The Hall–Kier alpha value is -2.47. The Morgan fingerprint density at radius 3 is 2.82 bits per heavy atom. The van der Waals surface area contributed by atoms with Gasteiger partial charge < -0.3 is 4.57 Å². The normalized spacial score (nSPS) is 11.1. The first kappa shape index (κ1) is 14.5. The minimum absolute atomic E-state index is 0.179. The highest BCUT2D eigenvalue weighted by atomic mass is 79.9. The van der Waals surface area contributed by atoms with Gasteiger partial charge >= 0.3 is 0 Å². The van der Waals surface area contributed by atoms with Crippen LogP contribution in [-0.4, -0.2) is 21.7 Å². The first-order valence-corrected chi connectivity index (χ1v) is 7.49. The van der Waals surface area contributed by atoms with Gasteiger partial charge in [-0.1, -0.05) is 40.2 Å². The lowest BCUT2D eigenvalue weighted by Crippen LogP contribution is -2.22. The summed E-state index contributed by atoms with van der Waals surface area (Å²) in [6.07, 6.45) is 3.26. The van der Waals surface area contributed by atoms with Crippen LogP contribution in [0.2, 0.25) is 0 Å². The quantitative estimate of drug-likeness (QED) is 0.577. The Bertz CT molecular complexity index is 824. The van der Waals surface area contributed by atoms with Crippen molar-refractivity contribution < 1.29 is 4.79 Å². The zero-order valence-corrected chi connectivity index (χ0v) is 13.2. The molecule has 0 spiro atoms. The van der Waals surface area contributed by atoms with E-state index in [0.717, 1.165) is 21.1 Å². The largest absolute Gasteiger partial charge is 0.321 e. The van der Waals surface area contributed by atoms with Crippen molar-refractivity contribution in [3.8, 4) is 0 Å². The lowest BCUT2D eigenvalue weighted by Gasteiger charge is -2.02. The highest BCUT2D eigenvalue weighted by Gasteiger charge is 2.05. The van der Waals surface area contributed by atoms with Gasteiger partial charge in [-0.05, 0) is 29.8 Å². The maximum absolute atomic E-state index is 11.9. The number of benzene rings is 2.